The molecule has 2 fully saturated rings. The number of carbonyl (C=O) groups excluding carboxylic acids is 2. The Hall–Kier alpha value is -3.94. The number of rotatable bonds is 9. The van der Waals surface area contributed by atoms with E-state index >= 15 is 0 Å². The summed E-state index contributed by atoms with van der Waals surface area (Å²) in [5, 5.41) is 12.8. The average Bonchev–Trinajstić information content (AvgIpc) is 3.74. The Morgan fingerprint density at radius 1 is 1.00 bits per heavy atom. The van der Waals surface area contributed by atoms with E-state index in [0.29, 0.717) is 23.0 Å². The highest BCUT2D eigenvalue weighted by molar-refractivity contribution is 6.40. The van der Waals surface area contributed by atoms with Gasteiger partial charge in [-0.2, -0.15) is 13.2 Å². The smallest absolute Gasteiger partial charge is 0.392 e. The van der Waals surface area contributed by atoms with Crippen LogP contribution < -0.4 is 5.32 Å². The Balaban J connectivity index is 1.20. The SMILES string of the molecule is C[C@H]1[C@@H](Cn2cnc(Cl)c2Cl)O[C@@H](c2ccc(-c3ccccc3CNC(=O)[C@@H]3CCCN3C(=O)C(F)(F)F)cc2)O[C@H]1c1ccc(CO)cc1. The predicted molar refractivity (Wildman–Crippen MR) is 180 cm³/mol. The molecule has 0 radical (unpaired) electrons. The summed E-state index contributed by atoms with van der Waals surface area (Å²) in [7, 11) is 0. The lowest BCUT2D eigenvalue weighted by molar-refractivity contribution is -0.276. The third-order valence-corrected chi connectivity index (χ3v) is 10.0. The van der Waals surface area contributed by atoms with Gasteiger partial charge in [0.2, 0.25) is 5.91 Å². The number of aliphatic hydroxyl groups excluding tert-OH is 1. The van der Waals surface area contributed by atoms with Crippen molar-refractivity contribution in [2.45, 2.75) is 70.2 Å². The number of hydrogen-bond donors (Lipinski definition) is 2. The Morgan fingerprint density at radius 2 is 1.70 bits per heavy atom. The third-order valence-electron chi connectivity index (χ3n) is 9.26. The van der Waals surface area contributed by atoms with Gasteiger partial charge < -0.3 is 29.4 Å². The van der Waals surface area contributed by atoms with Gasteiger partial charge in [-0.1, -0.05) is 103 Å². The topological polar surface area (TPSA) is 106 Å². The average molecular weight is 732 g/mol. The fourth-order valence-corrected chi connectivity index (χ4v) is 6.83. The molecule has 4 aromatic rings. The lowest BCUT2D eigenvalue weighted by atomic mass is 9.90. The maximum absolute atomic E-state index is 13.1. The summed E-state index contributed by atoms with van der Waals surface area (Å²) < 4.78 is 54.1. The molecule has 0 spiro atoms. The van der Waals surface area contributed by atoms with E-state index < -0.39 is 30.3 Å². The summed E-state index contributed by atoms with van der Waals surface area (Å²) in [4.78, 5) is 29.5. The minimum atomic E-state index is -5.04. The molecule has 50 heavy (non-hydrogen) atoms. The third kappa shape index (κ3) is 7.69. The van der Waals surface area contributed by atoms with Gasteiger partial charge in [-0.15, -0.1) is 0 Å². The van der Waals surface area contributed by atoms with Gasteiger partial charge >= 0.3 is 12.1 Å². The molecule has 6 rings (SSSR count). The molecule has 2 N–H and O–H groups in total. The van der Waals surface area contributed by atoms with E-state index in [2.05, 4.69) is 10.3 Å². The molecule has 2 amide bonds. The zero-order valence-corrected chi connectivity index (χ0v) is 28.5. The Kier molecular flexibility index (Phi) is 10.8. The number of imidazole rings is 1. The van der Waals surface area contributed by atoms with Crippen molar-refractivity contribution >= 4 is 35.0 Å². The molecule has 0 saturated carbocycles. The number of amides is 2. The Bertz CT molecular complexity index is 1820. The first-order chi connectivity index (χ1) is 23.9. The van der Waals surface area contributed by atoms with Crippen LogP contribution in [0.1, 0.15) is 54.4 Å². The van der Waals surface area contributed by atoms with E-state index in [1.165, 1.54) is 0 Å². The molecular weight excluding hydrogens is 696 g/mol. The first kappa shape index (κ1) is 35.9. The molecule has 3 heterocycles. The van der Waals surface area contributed by atoms with E-state index in [1.807, 2.05) is 79.7 Å². The van der Waals surface area contributed by atoms with Gasteiger partial charge in [0.15, 0.2) is 11.4 Å². The van der Waals surface area contributed by atoms with Crippen molar-refractivity contribution in [3.8, 4) is 11.1 Å². The molecule has 264 valence electrons. The van der Waals surface area contributed by atoms with E-state index in [-0.39, 0.29) is 49.4 Å². The van der Waals surface area contributed by atoms with Crippen LogP contribution in [0.4, 0.5) is 13.2 Å². The number of nitrogens with zero attached hydrogens (tertiary/aromatic N) is 3. The van der Waals surface area contributed by atoms with Crippen molar-refractivity contribution in [1.82, 2.24) is 19.8 Å². The number of likely N-dealkylation sites (tertiary alicyclic amines) is 1. The van der Waals surface area contributed by atoms with Crippen molar-refractivity contribution < 1.29 is 37.3 Å². The molecule has 5 atom stereocenters. The fraction of sp³-hybridized carbons (Fsp3) is 0.361. The zero-order chi connectivity index (χ0) is 35.6. The molecule has 2 aliphatic rings. The molecule has 1 aromatic heterocycles. The summed E-state index contributed by atoms with van der Waals surface area (Å²) in [5.41, 5.74) is 4.89. The second kappa shape index (κ2) is 15.1. The van der Waals surface area contributed by atoms with Crippen molar-refractivity contribution in [1.29, 1.82) is 0 Å². The van der Waals surface area contributed by atoms with Gasteiger partial charge in [0, 0.05) is 24.6 Å². The highest BCUT2D eigenvalue weighted by atomic mass is 35.5. The number of aromatic nitrogens is 2. The molecule has 9 nitrogen and oxygen atoms in total. The molecule has 2 saturated heterocycles. The predicted octanol–water partition coefficient (Wildman–Crippen LogP) is 7.01. The number of ether oxygens (including phenoxy) is 2. The summed E-state index contributed by atoms with van der Waals surface area (Å²) in [6.45, 7) is 2.29. The van der Waals surface area contributed by atoms with Crippen LogP contribution >= 0.6 is 23.2 Å². The Labute approximate surface area is 296 Å². The maximum atomic E-state index is 13.1. The lowest BCUT2D eigenvalue weighted by Gasteiger charge is -2.41. The first-order valence-corrected chi connectivity index (χ1v) is 16.9. The summed E-state index contributed by atoms with van der Waals surface area (Å²) in [5.74, 6) is -2.73. The lowest BCUT2D eigenvalue weighted by Crippen LogP contribution is -2.50. The number of nitrogens with one attached hydrogen (secondary N) is 1. The van der Waals surface area contributed by atoms with Crippen LogP contribution in [0, 0.1) is 5.92 Å². The molecule has 2 aliphatic heterocycles. The van der Waals surface area contributed by atoms with Crippen molar-refractivity contribution in [3.63, 3.8) is 0 Å². The van der Waals surface area contributed by atoms with Crippen LogP contribution in [0.5, 0.6) is 0 Å². The van der Waals surface area contributed by atoms with Gasteiger partial charge in [0.25, 0.3) is 0 Å². The number of hydrogen-bond acceptors (Lipinski definition) is 6. The molecule has 3 aromatic carbocycles. The highest BCUT2D eigenvalue weighted by Crippen LogP contribution is 2.43. The normalized spacial score (nSPS) is 22.5. The summed E-state index contributed by atoms with van der Waals surface area (Å²) in [6.07, 6.45) is -4.42. The van der Waals surface area contributed by atoms with Crippen molar-refractivity contribution in [3.05, 3.63) is 112 Å². The quantitative estimate of drug-likeness (QED) is 0.192. The molecule has 0 bridgehead atoms. The molecule has 14 heteroatoms. The van der Waals surface area contributed by atoms with E-state index in [9.17, 15) is 27.9 Å². The van der Waals surface area contributed by atoms with E-state index in [4.69, 9.17) is 32.7 Å². The molecule has 0 unspecified atom stereocenters. The van der Waals surface area contributed by atoms with Crippen molar-refractivity contribution in [2.75, 3.05) is 6.54 Å². The largest absolute Gasteiger partial charge is 0.471 e. The first-order valence-electron chi connectivity index (χ1n) is 16.1. The van der Waals surface area contributed by atoms with Crippen LogP contribution in [-0.2, 0) is 38.8 Å². The van der Waals surface area contributed by atoms with Crippen LogP contribution in [0.3, 0.4) is 0 Å². The van der Waals surface area contributed by atoms with Gasteiger partial charge in [0.05, 0.1) is 31.7 Å². The maximum Gasteiger partial charge on any atom is 0.471 e. The number of benzene rings is 3. The van der Waals surface area contributed by atoms with Gasteiger partial charge in [-0.3, -0.25) is 9.59 Å². The second-order valence-corrected chi connectivity index (χ2v) is 13.2. The fourth-order valence-electron chi connectivity index (χ4n) is 6.51. The number of aliphatic hydroxyl groups is 1. The zero-order valence-electron chi connectivity index (χ0n) is 26.9. The standard InChI is InChI=1S/C36H35Cl2F3N4O5/c1-21-29(18-44-20-43-31(37)32(44)38)49-34(50-30(21)24-10-8-22(19-46)9-11-24)25-14-12-23(13-15-25)27-6-3-2-5-26(27)17-42-33(47)28-7-4-16-45(28)35(48)36(39,40)41/h2-3,5-6,8-15,20-21,28-30,34,46H,4,7,16-19H2,1H3,(H,42,47)/t21-,28-,29+,30+,34+/m0/s1. The minimum Gasteiger partial charge on any atom is -0.392 e. The summed E-state index contributed by atoms with van der Waals surface area (Å²) >= 11 is 12.5. The van der Waals surface area contributed by atoms with Crippen molar-refractivity contribution in [2.24, 2.45) is 5.92 Å². The van der Waals surface area contributed by atoms with Crippen LogP contribution in [-0.4, -0.2) is 56.2 Å². The summed E-state index contributed by atoms with van der Waals surface area (Å²) in [6, 6.07) is 21.4. The monoisotopic (exact) mass is 730 g/mol. The number of halogens is 5. The van der Waals surface area contributed by atoms with Crippen LogP contribution in [0.2, 0.25) is 10.3 Å². The number of carbonyl (C=O) groups is 2. The molecule has 0 aliphatic carbocycles. The van der Waals surface area contributed by atoms with E-state index in [0.717, 1.165) is 33.4 Å². The van der Waals surface area contributed by atoms with Crippen LogP contribution in [0.15, 0.2) is 79.1 Å². The second-order valence-electron chi connectivity index (χ2n) is 12.5. The Morgan fingerprint density at radius 3 is 2.36 bits per heavy atom. The van der Waals surface area contributed by atoms with Gasteiger partial charge in [-0.25, -0.2) is 4.98 Å². The van der Waals surface area contributed by atoms with Crippen LogP contribution in [0.25, 0.3) is 11.1 Å². The van der Waals surface area contributed by atoms with E-state index in [1.54, 1.807) is 10.9 Å². The minimum absolute atomic E-state index is 0.0628. The van der Waals surface area contributed by atoms with Gasteiger partial charge in [-0.05, 0) is 40.7 Å². The highest BCUT2D eigenvalue weighted by Gasteiger charge is 2.47. The molecular formula is C36H35Cl2F3N4O5. The number of alkyl halides is 3. The van der Waals surface area contributed by atoms with Gasteiger partial charge in [0.1, 0.15) is 11.2 Å².